The van der Waals surface area contributed by atoms with Crippen molar-refractivity contribution in [3.63, 3.8) is 0 Å². The van der Waals surface area contributed by atoms with Gasteiger partial charge in [0.25, 0.3) is 5.91 Å². The quantitative estimate of drug-likeness (QED) is 0.450. The monoisotopic (exact) mass is 453 g/mol. The van der Waals surface area contributed by atoms with Gasteiger partial charge in [0.15, 0.2) is 0 Å². The van der Waals surface area contributed by atoms with E-state index in [2.05, 4.69) is 36.7 Å². The average molecular weight is 454 g/mol. The molecule has 3 rings (SSSR count). The Balaban J connectivity index is 1.87. The second kappa shape index (κ2) is 9.05. The summed E-state index contributed by atoms with van der Waals surface area (Å²) in [7, 11) is 1.91. The molecule has 0 aliphatic heterocycles. The Labute approximate surface area is 179 Å². The lowest BCUT2D eigenvalue weighted by Gasteiger charge is -2.13. The second-order valence-electron chi connectivity index (χ2n) is 6.90. The lowest BCUT2D eigenvalue weighted by molar-refractivity contribution is 0.0977. The Morgan fingerprint density at radius 2 is 1.90 bits per heavy atom. The largest absolute Gasteiger partial charge is 0.326 e. The number of carbonyl (C=O) groups is 1. The second-order valence-corrected chi connectivity index (χ2v) is 7.81. The van der Waals surface area contributed by atoms with Crippen molar-refractivity contribution in [1.82, 2.24) is 15.1 Å². The Kier molecular flexibility index (Phi) is 6.49. The SMILES string of the molecule is Cc1cccc(NC(=NCc2c(C)nn(C)c2C)NC(=O)c2cccc(Br)c2)c1. The Morgan fingerprint density at radius 3 is 2.55 bits per heavy atom. The molecule has 7 heteroatoms. The number of hydrogen-bond acceptors (Lipinski definition) is 3. The molecule has 6 nitrogen and oxygen atoms in total. The third-order valence-corrected chi connectivity index (χ3v) is 5.15. The topological polar surface area (TPSA) is 71.3 Å². The third kappa shape index (κ3) is 5.32. The number of carbonyl (C=O) groups excluding carboxylic acids is 1. The number of nitrogens with one attached hydrogen (secondary N) is 2. The zero-order valence-corrected chi connectivity index (χ0v) is 18.5. The van der Waals surface area contributed by atoms with Gasteiger partial charge in [-0.3, -0.25) is 14.8 Å². The number of anilines is 1. The summed E-state index contributed by atoms with van der Waals surface area (Å²) in [5, 5.41) is 10.6. The van der Waals surface area contributed by atoms with Crippen molar-refractivity contribution in [3.8, 4) is 0 Å². The molecule has 0 saturated carbocycles. The molecule has 2 aromatic carbocycles. The first kappa shape index (κ1) is 20.8. The summed E-state index contributed by atoms with van der Waals surface area (Å²) in [6.07, 6.45) is 0. The summed E-state index contributed by atoms with van der Waals surface area (Å²) in [5.74, 6) is 0.160. The maximum Gasteiger partial charge on any atom is 0.257 e. The van der Waals surface area contributed by atoms with Crippen LogP contribution in [0.2, 0.25) is 0 Å². The van der Waals surface area contributed by atoms with Gasteiger partial charge in [-0.2, -0.15) is 5.10 Å². The number of nitrogens with zero attached hydrogens (tertiary/aromatic N) is 3. The Bertz CT molecular complexity index is 1070. The summed E-state index contributed by atoms with van der Waals surface area (Å²) in [6, 6.07) is 15.2. The number of aliphatic imine (C=N–C) groups is 1. The van der Waals surface area contributed by atoms with Crippen LogP contribution in [0.25, 0.3) is 0 Å². The highest BCUT2D eigenvalue weighted by Gasteiger charge is 2.12. The first-order valence-corrected chi connectivity index (χ1v) is 10.1. The van der Waals surface area contributed by atoms with E-state index in [9.17, 15) is 4.79 Å². The van der Waals surface area contributed by atoms with E-state index in [1.807, 2.05) is 68.9 Å². The van der Waals surface area contributed by atoms with Gasteiger partial charge in [0.1, 0.15) is 0 Å². The van der Waals surface area contributed by atoms with Gasteiger partial charge in [-0.1, -0.05) is 34.1 Å². The first-order chi connectivity index (χ1) is 13.8. The summed E-state index contributed by atoms with van der Waals surface area (Å²) >= 11 is 3.40. The highest BCUT2D eigenvalue weighted by atomic mass is 79.9. The summed E-state index contributed by atoms with van der Waals surface area (Å²) in [4.78, 5) is 17.4. The molecule has 0 spiro atoms. The van der Waals surface area contributed by atoms with E-state index >= 15 is 0 Å². The van der Waals surface area contributed by atoms with Crippen LogP contribution >= 0.6 is 15.9 Å². The minimum absolute atomic E-state index is 0.232. The average Bonchev–Trinajstić information content (AvgIpc) is 2.91. The van der Waals surface area contributed by atoms with E-state index in [1.165, 1.54) is 0 Å². The highest BCUT2D eigenvalue weighted by molar-refractivity contribution is 9.10. The van der Waals surface area contributed by atoms with Crippen molar-refractivity contribution in [3.05, 3.63) is 81.1 Å². The minimum atomic E-state index is -0.232. The molecular weight excluding hydrogens is 430 g/mol. The molecular formula is C22H24BrN5O. The lowest BCUT2D eigenvalue weighted by Crippen LogP contribution is -2.36. The van der Waals surface area contributed by atoms with Gasteiger partial charge in [0, 0.05) is 34.0 Å². The molecule has 0 radical (unpaired) electrons. The highest BCUT2D eigenvalue weighted by Crippen LogP contribution is 2.15. The fourth-order valence-electron chi connectivity index (χ4n) is 2.98. The molecule has 29 heavy (non-hydrogen) atoms. The number of amides is 1. The fourth-order valence-corrected chi connectivity index (χ4v) is 3.38. The summed E-state index contributed by atoms with van der Waals surface area (Å²) < 4.78 is 2.69. The van der Waals surface area contributed by atoms with E-state index in [1.54, 1.807) is 12.1 Å². The van der Waals surface area contributed by atoms with Gasteiger partial charge in [-0.05, 0) is 56.7 Å². The number of hydrogen-bond donors (Lipinski definition) is 2. The summed E-state index contributed by atoms with van der Waals surface area (Å²) in [5.41, 5.74) is 5.56. The van der Waals surface area contributed by atoms with E-state index in [4.69, 9.17) is 0 Å². The van der Waals surface area contributed by atoms with Crippen LogP contribution < -0.4 is 10.6 Å². The molecule has 0 fully saturated rings. The van der Waals surface area contributed by atoms with Crippen LogP contribution in [0.4, 0.5) is 5.69 Å². The molecule has 1 heterocycles. The van der Waals surface area contributed by atoms with E-state index in [0.29, 0.717) is 18.1 Å². The number of benzene rings is 2. The lowest BCUT2D eigenvalue weighted by atomic mass is 10.2. The van der Waals surface area contributed by atoms with E-state index in [-0.39, 0.29) is 5.91 Å². The van der Waals surface area contributed by atoms with Gasteiger partial charge in [0.05, 0.1) is 12.2 Å². The smallest absolute Gasteiger partial charge is 0.257 e. The van der Waals surface area contributed by atoms with Gasteiger partial charge in [-0.15, -0.1) is 0 Å². The van der Waals surface area contributed by atoms with Crippen LogP contribution in [-0.2, 0) is 13.6 Å². The third-order valence-electron chi connectivity index (χ3n) is 4.65. The molecule has 150 valence electrons. The van der Waals surface area contributed by atoms with Crippen molar-refractivity contribution in [2.45, 2.75) is 27.3 Å². The van der Waals surface area contributed by atoms with Gasteiger partial charge < -0.3 is 5.32 Å². The van der Waals surface area contributed by atoms with Crippen molar-refractivity contribution >= 4 is 33.5 Å². The molecule has 3 aromatic rings. The molecule has 0 saturated heterocycles. The van der Waals surface area contributed by atoms with Crippen molar-refractivity contribution in [2.24, 2.45) is 12.0 Å². The maximum atomic E-state index is 12.7. The van der Waals surface area contributed by atoms with Gasteiger partial charge in [0.2, 0.25) is 5.96 Å². The zero-order chi connectivity index (χ0) is 21.0. The van der Waals surface area contributed by atoms with E-state index < -0.39 is 0 Å². The maximum absolute atomic E-state index is 12.7. The molecule has 0 atom stereocenters. The van der Waals surface area contributed by atoms with Crippen LogP contribution in [0.15, 0.2) is 58.0 Å². The molecule has 2 N–H and O–H groups in total. The number of aromatic nitrogens is 2. The molecule has 0 aliphatic rings. The van der Waals surface area contributed by atoms with E-state index in [0.717, 1.165) is 32.7 Å². The van der Waals surface area contributed by atoms with Gasteiger partial charge >= 0.3 is 0 Å². The predicted molar refractivity (Wildman–Crippen MR) is 120 cm³/mol. The van der Waals surface area contributed by atoms with Crippen LogP contribution in [0.3, 0.4) is 0 Å². The number of guanidine groups is 1. The van der Waals surface area contributed by atoms with Crippen molar-refractivity contribution in [2.75, 3.05) is 5.32 Å². The zero-order valence-electron chi connectivity index (χ0n) is 17.0. The van der Waals surface area contributed by atoms with Crippen LogP contribution in [0.5, 0.6) is 0 Å². The number of halogens is 1. The summed E-state index contributed by atoms with van der Waals surface area (Å²) in [6.45, 7) is 6.41. The standard InChI is InChI=1S/C22H24BrN5O/c1-14-7-5-10-19(11-14)25-22(24-13-20-15(2)27-28(4)16(20)3)26-21(29)17-8-6-9-18(23)12-17/h5-12H,13H2,1-4H3,(H2,24,25,26,29). The molecule has 0 bridgehead atoms. The van der Waals surface area contributed by atoms with Crippen molar-refractivity contribution in [1.29, 1.82) is 0 Å². The van der Waals surface area contributed by atoms with Crippen molar-refractivity contribution < 1.29 is 4.79 Å². The normalized spacial score (nSPS) is 11.4. The van der Waals surface area contributed by atoms with Crippen LogP contribution in [0, 0.1) is 20.8 Å². The van der Waals surface area contributed by atoms with Crippen LogP contribution in [-0.4, -0.2) is 21.6 Å². The Hall–Kier alpha value is -2.93. The molecule has 0 unspecified atom stereocenters. The first-order valence-electron chi connectivity index (χ1n) is 9.27. The van der Waals surface area contributed by atoms with Crippen LogP contribution in [0.1, 0.15) is 32.9 Å². The molecule has 0 aliphatic carbocycles. The molecule has 1 aromatic heterocycles. The molecule has 1 amide bonds. The number of aryl methyl sites for hydroxylation is 3. The minimum Gasteiger partial charge on any atom is -0.326 e. The fraction of sp³-hybridized carbons (Fsp3) is 0.227. The Morgan fingerprint density at radius 1 is 1.14 bits per heavy atom. The van der Waals surface area contributed by atoms with Gasteiger partial charge in [-0.25, -0.2) is 4.99 Å². The predicted octanol–water partition coefficient (Wildman–Crippen LogP) is 4.51. The number of rotatable bonds is 4.